The molecule has 0 unspecified atom stereocenters. The zero-order valence-electron chi connectivity index (χ0n) is 9.71. The molecule has 0 radical (unpaired) electrons. The fraction of sp³-hybridized carbons (Fsp3) is 0.500. The van der Waals surface area contributed by atoms with Crippen molar-refractivity contribution in [2.24, 2.45) is 0 Å². The van der Waals surface area contributed by atoms with Crippen LogP contribution in [0.2, 0.25) is 0 Å². The molecular weight excluding hydrogens is 226 g/mol. The molecule has 0 fully saturated rings. The molecule has 0 aliphatic heterocycles. The topological polar surface area (TPSA) is 46.3 Å². The molecule has 0 aliphatic carbocycles. The lowest BCUT2D eigenvalue weighted by Crippen LogP contribution is -2.23. The molecule has 2 aromatic heterocycles. The lowest BCUT2D eigenvalue weighted by atomic mass is 10.3. The summed E-state index contributed by atoms with van der Waals surface area (Å²) in [5, 5.41) is 12.3. The number of fused-ring (bicyclic) bond motifs is 1. The van der Waals surface area contributed by atoms with Gasteiger partial charge in [0.05, 0.1) is 11.4 Å². The maximum atomic E-state index is 4.31. The van der Waals surface area contributed by atoms with Crippen molar-refractivity contribution in [3.05, 3.63) is 18.1 Å². The van der Waals surface area contributed by atoms with Crippen molar-refractivity contribution in [1.29, 1.82) is 0 Å². The number of nitrogens with zero attached hydrogens (tertiary/aromatic N) is 5. The fourth-order valence-electron chi connectivity index (χ4n) is 1.73. The molecule has 2 rings (SSSR count). The Bertz CT molecular complexity index is 463. The normalized spacial score (nSPS) is 10.2. The number of hydrogen-bond acceptors (Lipinski definition) is 4. The number of aryl methyl sites for hydroxylation is 1. The molecule has 0 bridgehead atoms. The van der Waals surface area contributed by atoms with E-state index in [0.717, 1.165) is 30.1 Å². The maximum Gasteiger partial charge on any atom is 0.200 e. The highest BCUT2D eigenvalue weighted by molar-refractivity contribution is 5.85. The van der Waals surface area contributed by atoms with Crippen LogP contribution >= 0.6 is 12.4 Å². The van der Waals surface area contributed by atoms with E-state index in [1.165, 1.54) is 0 Å². The Kier molecular flexibility index (Phi) is 4.06. The van der Waals surface area contributed by atoms with Gasteiger partial charge in [-0.1, -0.05) is 0 Å². The first-order valence-electron chi connectivity index (χ1n) is 5.18. The van der Waals surface area contributed by atoms with Crippen molar-refractivity contribution >= 4 is 23.7 Å². The summed E-state index contributed by atoms with van der Waals surface area (Å²) in [6.45, 7) is 8.16. The highest BCUT2D eigenvalue weighted by Gasteiger charge is 2.10. The molecule has 88 valence electrons. The second-order valence-corrected chi connectivity index (χ2v) is 3.44. The molecule has 0 aliphatic rings. The van der Waals surface area contributed by atoms with Crippen LogP contribution in [0.5, 0.6) is 0 Å². The van der Waals surface area contributed by atoms with Crippen LogP contribution in [0, 0.1) is 6.92 Å². The highest BCUT2D eigenvalue weighted by atomic mass is 35.5. The van der Waals surface area contributed by atoms with Gasteiger partial charge in [-0.15, -0.1) is 22.6 Å². The quantitative estimate of drug-likeness (QED) is 0.821. The van der Waals surface area contributed by atoms with E-state index in [9.17, 15) is 0 Å². The van der Waals surface area contributed by atoms with Crippen molar-refractivity contribution < 1.29 is 0 Å². The second-order valence-electron chi connectivity index (χ2n) is 3.44. The molecule has 16 heavy (non-hydrogen) atoms. The zero-order chi connectivity index (χ0) is 10.8. The first kappa shape index (κ1) is 12.7. The Balaban J connectivity index is 0.00000128. The van der Waals surface area contributed by atoms with Gasteiger partial charge in [0.1, 0.15) is 6.33 Å². The molecule has 0 amide bonds. The number of halogens is 1. The minimum Gasteiger partial charge on any atom is -0.369 e. The van der Waals surface area contributed by atoms with Gasteiger partial charge in [-0.25, -0.2) is 0 Å². The average molecular weight is 242 g/mol. The van der Waals surface area contributed by atoms with Gasteiger partial charge >= 0.3 is 0 Å². The van der Waals surface area contributed by atoms with E-state index in [4.69, 9.17) is 0 Å². The van der Waals surface area contributed by atoms with Gasteiger partial charge in [0.25, 0.3) is 0 Å². The van der Waals surface area contributed by atoms with Gasteiger partial charge in [-0.05, 0) is 26.8 Å². The van der Waals surface area contributed by atoms with E-state index in [1.54, 1.807) is 10.8 Å². The van der Waals surface area contributed by atoms with Crippen molar-refractivity contribution in [1.82, 2.24) is 19.8 Å². The third-order valence-corrected chi connectivity index (χ3v) is 2.47. The van der Waals surface area contributed by atoms with Crippen LogP contribution in [0.25, 0.3) is 5.65 Å². The van der Waals surface area contributed by atoms with Crippen molar-refractivity contribution in [2.75, 3.05) is 18.0 Å². The number of rotatable bonds is 3. The summed E-state index contributed by atoms with van der Waals surface area (Å²) >= 11 is 0. The third-order valence-electron chi connectivity index (χ3n) is 2.47. The van der Waals surface area contributed by atoms with E-state index in [2.05, 4.69) is 40.1 Å². The maximum absolute atomic E-state index is 4.31. The Morgan fingerprint density at radius 3 is 2.62 bits per heavy atom. The molecule has 0 spiro atoms. The predicted molar refractivity (Wildman–Crippen MR) is 66.3 cm³/mol. The van der Waals surface area contributed by atoms with Crippen molar-refractivity contribution in [3.8, 4) is 0 Å². The zero-order valence-corrected chi connectivity index (χ0v) is 10.5. The molecule has 2 aromatic rings. The van der Waals surface area contributed by atoms with Crippen LogP contribution in [0.3, 0.4) is 0 Å². The molecular formula is C10H16ClN5. The van der Waals surface area contributed by atoms with Crippen LogP contribution in [0.15, 0.2) is 12.4 Å². The van der Waals surface area contributed by atoms with Crippen LogP contribution < -0.4 is 4.90 Å². The van der Waals surface area contributed by atoms with Crippen molar-refractivity contribution in [2.45, 2.75) is 20.8 Å². The molecule has 6 heteroatoms. The predicted octanol–water partition coefficient (Wildman–Crippen LogP) is 1.70. The Morgan fingerprint density at radius 1 is 1.31 bits per heavy atom. The second kappa shape index (κ2) is 5.12. The Hall–Kier alpha value is -1.36. The largest absolute Gasteiger partial charge is 0.369 e. The number of hydrogen-bond donors (Lipinski definition) is 0. The smallest absolute Gasteiger partial charge is 0.200 e. The van der Waals surface area contributed by atoms with E-state index in [0.29, 0.717) is 0 Å². The van der Waals surface area contributed by atoms with Crippen LogP contribution in [-0.2, 0) is 0 Å². The number of anilines is 1. The van der Waals surface area contributed by atoms with Crippen LogP contribution in [-0.4, -0.2) is 32.9 Å². The van der Waals surface area contributed by atoms with E-state index >= 15 is 0 Å². The average Bonchev–Trinajstić information content (AvgIpc) is 2.67. The van der Waals surface area contributed by atoms with Gasteiger partial charge in [0, 0.05) is 13.1 Å². The summed E-state index contributed by atoms with van der Waals surface area (Å²) in [4.78, 5) is 2.25. The van der Waals surface area contributed by atoms with Crippen LogP contribution in [0.1, 0.15) is 19.5 Å². The van der Waals surface area contributed by atoms with Gasteiger partial charge < -0.3 is 4.90 Å². The summed E-state index contributed by atoms with van der Waals surface area (Å²) in [7, 11) is 0. The van der Waals surface area contributed by atoms with E-state index in [1.807, 2.05) is 6.92 Å². The van der Waals surface area contributed by atoms with Crippen LogP contribution in [0.4, 0.5) is 5.69 Å². The molecule has 0 saturated heterocycles. The Labute approximate surface area is 101 Å². The Morgan fingerprint density at radius 2 is 2.00 bits per heavy atom. The molecule has 5 nitrogen and oxygen atoms in total. The molecule has 0 N–H and O–H groups in total. The van der Waals surface area contributed by atoms with E-state index in [-0.39, 0.29) is 12.4 Å². The summed E-state index contributed by atoms with van der Waals surface area (Å²) < 4.78 is 1.73. The summed E-state index contributed by atoms with van der Waals surface area (Å²) in [6.07, 6.45) is 1.63. The lowest BCUT2D eigenvalue weighted by Gasteiger charge is -2.21. The minimum atomic E-state index is 0. The fourth-order valence-corrected chi connectivity index (χ4v) is 1.73. The third kappa shape index (κ3) is 2.09. The summed E-state index contributed by atoms with van der Waals surface area (Å²) in [5.74, 6) is 0. The monoisotopic (exact) mass is 241 g/mol. The summed E-state index contributed by atoms with van der Waals surface area (Å²) in [6, 6.07) is 2.05. The van der Waals surface area contributed by atoms with Crippen molar-refractivity contribution in [3.63, 3.8) is 0 Å². The summed E-state index contributed by atoms with van der Waals surface area (Å²) in [5.41, 5.74) is 2.90. The van der Waals surface area contributed by atoms with E-state index < -0.39 is 0 Å². The molecule has 0 aromatic carbocycles. The van der Waals surface area contributed by atoms with Gasteiger partial charge in [0.2, 0.25) is 5.65 Å². The lowest BCUT2D eigenvalue weighted by molar-refractivity contribution is 0.839. The standard InChI is InChI=1S/C10H15N5.ClH/c1-4-14(5-2)9-6-8(3)13-15-7-11-12-10(9)15;/h6-7H,4-5H2,1-3H3;1H. The minimum absolute atomic E-state index is 0. The van der Waals surface area contributed by atoms with Gasteiger partial charge in [-0.2, -0.15) is 9.61 Å². The molecule has 2 heterocycles. The molecule has 0 atom stereocenters. The highest BCUT2D eigenvalue weighted by Crippen LogP contribution is 2.19. The van der Waals surface area contributed by atoms with Gasteiger partial charge in [0.15, 0.2) is 0 Å². The molecule has 0 saturated carbocycles. The van der Waals surface area contributed by atoms with Gasteiger partial charge in [-0.3, -0.25) is 0 Å². The SMILES string of the molecule is CCN(CC)c1cc(C)nn2cnnc12.Cl. The first-order valence-corrected chi connectivity index (χ1v) is 5.18. The number of aromatic nitrogens is 4. The first-order chi connectivity index (χ1) is 7.26.